The molecular formula is C27H33FN6O6S. The topological polar surface area (TPSA) is 146 Å². The third-order valence-corrected chi connectivity index (χ3v) is 8.54. The van der Waals surface area contributed by atoms with Gasteiger partial charge in [0.2, 0.25) is 0 Å². The van der Waals surface area contributed by atoms with E-state index in [1.165, 1.54) is 53.3 Å². The summed E-state index contributed by atoms with van der Waals surface area (Å²) in [5.74, 6) is -1.20. The zero-order valence-electron chi connectivity index (χ0n) is 23.1. The van der Waals surface area contributed by atoms with Crippen molar-refractivity contribution >= 4 is 33.3 Å². The number of aryl methyl sites for hydroxylation is 1. The van der Waals surface area contributed by atoms with Gasteiger partial charge in [0.15, 0.2) is 10.8 Å². The molecule has 0 spiro atoms. The molecule has 220 valence electrons. The molecule has 0 aliphatic carbocycles. The van der Waals surface area contributed by atoms with Crippen LogP contribution in [0, 0.1) is 11.7 Å². The van der Waals surface area contributed by atoms with Gasteiger partial charge in [0.1, 0.15) is 11.9 Å². The summed E-state index contributed by atoms with van der Waals surface area (Å²) in [4.78, 5) is 31.9. The molecule has 4 rings (SSSR count). The molecule has 0 fully saturated rings. The zero-order chi connectivity index (χ0) is 29.9. The average Bonchev–Trinajstić information content (AvgIpc) is 3.38. The molecule has 0 unspecified atom stereocenters. The number of hydrogen-bond donors (Lipinski definition) is 3. The number of anilines is 2. The Labute approximate surface area is 237 Å². The largest absolute Gasteiger partial charge is 0.486 e. The highest BCUT2D eigenvalue weighted by Crippen LogP contribution is 2.35. The molecule has 3 amide bonds. The van der Waals surface area contributed by atoms with E-state index in [0.717, 1.165) is 4.31 Å². The lowest BCUT2D eigenvalue weighted by Crippen LogP contribution is -2.50. The van der Waals surface area contributed by atoms with Crippen molar-refractivity contribution in [3.8, 4) is 5.75 Å². The monoisotopic (exact) mass is 588 g/mol. The molecule has 3 N–H and O–H groups in total. The van der Waals surface area contributed by atoms with Gasteiger partial charge in [-0.15, -0.1) is 0 Å². The first kappa shape index (κ1) is 30.0. The number of ether oxygens (including phenoxy) is 1. The van der Waals surface area contributed by atoms with Gasteiger partial charge in [-0.2, -0.15) is 4.31 Å². The number of amides is 3. The lowest BCUT2D eigenvalue weighted by atomic mass is 9.99. The summed E-state index contributed by atoms with van der Waals surface area (Å²) in [5.41, 5.74) is 0.647. The van der Waals surface area contributed by atoms with E-state index in [4.69, 9.17) is 4.74 Å². The number of fused-ring (bicyclic) bond motifs is 1. The number of para-hydroxylation sites is 1. The Kier molecular flexibility index (Phi) is 8.95. The summed E-state index contributed by atoms with van der Waals surface area (Å²) in [6.07, 6.45) is 2.02. The number of aliphatic hydroxyl groups excluding tert-OH is 1. The number of aliphatic hydroxyl groups is 1. The van der Waals surface area contributed by atoms with E-state index >= 15 is 0 Å². The molecule has 3 atom stereocenters. The number of sulfonamides is 1. The maximum atomic E-state index is 13.6. The van der Waals surface area contributed by atoms with E-state index < -0.39 is 39.9 Å². The Morgan fingerprint density at radius 1 is 1.24 bits per heavy atom. The molecule has 14 heteroatoms. The lowest BCUT2D eigenvalue weighted by Gasteiger charge is -2.38. The third-order valence-electron chi connectivity index (χ3n) is 6.83. The maximum absolute atomic E-state index is 13.6. The van der Waals surface area contributed by atoms with Crippen LogP contribution in [0.25, 0.3) is 0 Å². The standard InChI is InChI=1S/C27H33FN6O6S/c1-17-12-34(18(2)15-35)26(36)21-6-5-7-22(31-27(37)30-20-10-8-19(28)9-11-20)25(21)40-23(17)13-33(4)41(38,39)24-14-32(3)16-29-24/h5-11,14,16-18,23,35H,12-13,15H2,1-4H3,(H2,30,31,37)/t17-,18+,23+/m0/s1. The quantitative estimate of drug-likeness (QED) is 0.367. The minimum Gasteiger partial charge on any atom is -0.486 e. The van der Waals surface area contributed by atoms with Crippen molar-refractivity contribution in [2.75, 3.05) is 37.4 Å². The first-order valence-electron chi connectivity index (χ1n) is 12.9. The summed E-state index contributed by atoms with van der Waals surface area (Å²) in [5, 5.41) is 15.0. The highest BCUT2D eigenvalue weighted by molar-refractivity contribution is 7.89. The van der Waals surface area contributed by atoms with Gasteiger partial charge < -0.3 is 29.9 Å². The number of urea groups is 1. The van der Waals surface area contributed by atoms with E-state index in [1.54, 1.807) is 32.2 Å². The predicted molar refractivity (Wildman–Crippen MR) is 150 cm³/mol. The van der Waals surface area contributed by atoms with Crippen LogP contribution in [-0.2, 0) is 17.1 Å². The number of carbonyl (C=O) groups is 2. The van der Waals surface area contributed by atoms with Crippen molar-refractivity contribution in [1.29, 1.82) is 0 Å². The van der Waals surface area contributed by atoms with E-state index in [0.29, 0.717) is 5.69 Å². The second-order valence-electron chi connectivity index (χ2n) is 10.1. The number of imidazole rings is 1. The van der Waals surface area contributed by atoms with Gasteiger partial charge in [0, 0.05) is 38.4 Å². The molecule has 0 bridgehead atoms. The van der Waals surface area contributed by atoms with Crippen molar-refractivity contribution < 1.29 is 32.2 Å². The van der Waals surface area contributed by atoms with Gasteiger partial charge in [0.05, 0.1) is 36.8 Å². The van der Waals surface area contributed by atoms with Crippen LogP contribution < -0.4 is 15.4 Å². The second kappa shape index (κ2) is 12.2. The number of benzene rings is 2. The van der Waals surface area contributed by atoms with Gasteiger partial charge in [-0.1, -0.05) is 13.0 Å². The Hall–Kier alpha value is -4.01. The second-order valence-corrected chi connectivity index (χ2v) is 12.0. The minimum absolute atomic E-state index is 0.0575. The molecule has 1 aliphatic heterocycles. The normalized spacial score (nSPS) is 18.2. The number of hydrogen-bond acceptors (Lipinski definition) is 7. The van der Waals surface area contributed by atoms with Crippen LogP contribution in [0.4, 0.5) is 20.6 Å². The molecule has 12 nitrogen and oxygen atoms in total. The summed E-state index contributed by atoms with van der Waals surface area (Å²) in [7, 11) is -0.877. The molecule has 1 aromatic heterocycles. The van der Waals surface area contributed by atoms with Crippen LogP contribution in [0.2, 0.25) is 0 Å². The number of halogens is 1. The Morgan fingerprint density at radius 3 is 2.59 bits per heavy atom. The molecule has 0 saturated carbocycles. The van der Waals surface area contributed by atoms with Crippen LogP contribution >= 0.6 is 0 Å². The fourth-order valence-corrected chi connectivity index (χ4v) is 5.55. The molecule has 2 heterocycles. The van der Waals surface area contributed by atoms with Gasteiger partial charge in [-0.25, -0.2) is 22.6 Å². The van der Waals surface area contributed by atoms with Gasteiger partial charge in [0.25, 0.3) is 15.9 Å². The fourth-order valence-electron chi connectivity index (χ4n) is 4.41. The zero-order valence-corrected chi connectivity index (χ0v) is 23.9. The maximum Gasteiger partial charge on any atom is 0.323 e. The number of carbonyl (C=O) groups excluding carboxylic acids is 2. The van der Waals surface area contributed by atoms with Crippen LogP contribution in [-0.4, -0.2) is 83.1 Å². The molecular weight excluding hydrogens is 555 g/mol. The van der Waals surface area contributed by atoms with E-state index in [9.17, 15) is 27.5 Å². The summed E-state index contributed by atoms with van der Waals surface area (Å²) < 4.78 is 48.7. The number of nitrogens with zero attached hydrogens (tertiary/aromatic N) is 4. The number of rotatable bonds is 8. The highest BCUT2D eigenvalue weighted by atomic mass is 32.2. The van der Waals surface area contributed by atoms with E-state index in [-0.39, 0.29) is 47.6 Å². The number of likely N-dealkylation sites (N-methyl/N-ethyl adjacent to an activating group) is 1. The average molecular weight is 589 g/mol. The molecule has 0 saturated heterocycles. The summed E-state index contributed by atoms with van der Waals surface area (Å²) in [6, 6.07) is 8.66. The fraction of sp³-hybridized carbons (Fsp3) is 0.370. The van der Waals surface area contributed by atoms with Gasteiger partial charge in [-0.3, -0.25) is 4.79 Å². The van der Waals surface area contributed by atoms with Crippen LogP contribution in [0.3, 0.4) is 0 Å². The number of nitrogens with one attached hydrogen (secondary N) is 2. The van der Waals surface area contributed by atoms with Crippen LogP contribution in [0.1, 0.15) is 24.2 Å². The molecule has 2 aromatic carbocycles. The lowest BCUT2D eigenvalue weighted by molar-refractivity contribution is 0.0389. The minimum atomic E-state index is -3.96. The first-order valence-corrected chi connectivity index (χ1v) is 14.3. The van der Waals surface area contributed by atoms with Gasteiger partial charge in [-0.05, 0) is 43.3 Å². The van der Waals surface area contributed by atoms with E-state index in [1.807, 2.05) is 6.92 Å². The molecule has 3 aromatic rings. The smallest absolute Gasteiger partial charge is 0.323 e. The molecule has 41 heavy (non-hydrogen) atoms. The van der Waals surface area contributed by atoms with Crippen molar-refractivity contribution in [1.82, 2.24) is 18.8 Å². The third kappa shape index (κ3) is 6.66. The summed E-state index contributed by atoms with van der Waals surface area (Å²) >= 11 is 0. The van der Waals surface area contributed by atoms with Crippen molar-refractivity contribution in [2.45, 2.75) is 31.0 Å². The van der Waals surface area contributed by atoms with Gasteiger partial charge >= 0.3 is 6.03 Å². The summed E-state index contributed by atoms with van der Waals surface area (Å²) in [6.45, 7) is 3.33. The molecule has 0 radical (unpaired) electrons. The first-order chi connectivity index (χ1) is 19.4. The Balaban J connectivity index is 1.68. The van der Waals surface area contributed by atoms with E-state index in [2.05, 4.69) is 15.6 Å². The van der Waals surface area contributed by atoms with Crippen molar-refractivity contribution in [3.05, 3.63) is 66.4 Å². The van der Waals surface area contributed by atoms with Crippen molar-refractivity contribution in [2.24, 2.45) is 13.0 Å². The van der Waals surface area contributed by atoms with Crippen LogP contribution in [0.15, 0.2) is 60.0 Å². The Morgan fingerprint density at radius 2 is 1.95 bits per heavy atom. The van der Waals surface area contributed by atoms with Crippen molar-refractivity contribution in [3.63, 3.8) is 0 Å². The highest BCUT2D eigenvalue weighted by Gasteiger charge is 2.36. The van der Waals surface area contributed by atoms with Crippen LogP contribution in [0.5, 0.6) is 5.75 Å². The number of aromatic nitrogens is 2. The predicted octanol–water partition coefficient (Wildman–Crippen LogP) is 2.74. The molecule has 1 aliphatic rings. The SMILES string of the molecule is C[C@H](CO)N1C[C@H](C)[C@@H](CN(C)S(=O)(=O)c2cn(C)cn2)Oc2c(NC(=O)Nc3ccc(F)cc3)cccc2C1=O. The Bertz CT molecular complexity index is 1510.